The maximum Gasteiger partial charge on any atom is 0.291 e. The number of fused-ring (bicyclic) bond motifs is 1. The Bertz CT molecular complexity index is 1200. The number of nitrogen functional groups attached to an aromatic ring is 1. The highest BCUT2D eigenvalue weighted by Gasteiger charge is 2.29. The van der Waals surface area contributed by atoms with Gasteiger partial charge in [-0.1, -0.05) is 6.07 Å². The average Bonchev–Trinajstić information content (AvgIpc) is 3.28. The Balaban J connectivity index is 1.53. The highest BCUT2D eigenvalue weighted by molar-refractivity contribution is 7.89. The Hall–Kier alpha value is -3.30. The number of hydrogen-bond donors (Lipinski definition) is 3. The van der Waals surface area contributed by atoms with Crippen LogP contribution in [0.15, 0.2) is 64.1 Å². The van der Waals surface area contributed by atoms with Crippen LogP contribution in [0.1, 0.15) is 28.6 Å². The number of carbonyl (C=O) groups is 1. The van der Waals surface area contributed by atoms with Crippen LogP contribution in [0, 0.1) is 0 Å². The number of furan rings is 1. The van der Waals surface area contributed by atoms with E-state index in [2.05, 4.69) is 17.1 Å². The lowest BCUT2D eigenvalue weighted by molar-refractivity contribution is 0.0995. The molecule has 0 bridgehead atoms. The monoisotopic (exact) mass is 426 g/mol. The molecule has 2 heterocycles. The smallest absolute Gasteiger partial charge is 0.291 e. The van der Waals surface area contributed by atoms with Crippen LogP contribution in [0.25, 0.3) is 0 Å². The van der Waals surface area contributed by atoms with E-state index in [0.717, 1.165) is 28.9 Å². The number of anilines is 3. The van der Waals surface area contributed by atoms with Gasteiger partial charge in [-0.3, -0.25) is 4.79 Å². The molecular weight excluding hydrogens is 404 g/mol. The molecule has 1 aliphatic heterocycles. The van der Waals surface area contributed by atoms with Gasteiger partial charge in [-0.15, -0.1) is 0 Å². The average molecular weight is 426 g/mol. The van der Waals surface area contributed by atoms with Crippen molar-refractivity contribution in [3.05, 3.63) is 71.7 Å². The van der Waals surface area contributed by atoms with Gasteiger partial charge >= 0.3 is 0 Å². The Morgan fingerprint density at radius 3 is 2.63 bits per heavy atom. The SMILES string of the molecule is CC1Cc2c(N)cccc2N1Cc1ccoc1C(=O)Nc1ccc(S(N)(=O)=O)cc1. The third kappa shape index (κ3) is 3.77. The van der Waals surface area contributed by atoms with Crippen molar-refractivity contribution in [2.75, 3.05) is 16.0 Å². The fourth-order valence-corrected chi connectivity index (χ4v) is 4.24. The standard InChI is InChI=1S/C21H22N4O4S/c1-13-11-17-18(22)3-2-4-19(17)25(13)12-14-9-10-29-20(14)21(26)24-15-5-7-16(8-6-15)30(23,27)28/h2-10,13H,11-12,22H2,1H3,(H,24,26)(H2,23,27,28). The van der Waals surface area contributed by atoms with Crippen molar-refractivity contribution in [2.45, 2.75) is 30.8 Å². The van der Waals surface area contributed by atoms with E-state index < -0.39 is 15.9 Å². The summed E-state index contributed by atoms with van der Waals surface area (Å²) in [6, 6.07) is 13.5. The molecule has 1 atom stereocenters. The molecule has 0 fully saturated rings. The van der Waals surface area contributed by atoms with Crippen molar-refractivity contribution in [3.63, 3.8) is 0 Å². The minimum Gasteiger partial charge on any atom is -0.459 e. The number of carbonyl (C=O) groups excluding carboxylic acids is 1. The highest BCUT2D eigenvalue weighted by atomic mass is 32.2. The first-order chi connectivity index (χ1) is 14.2. The fourth-order valence-electron chi connectivity index (χ4n) is 3.73. The predicted octanol–water partition coefficient (Wildman–Crippen LogP) is 2.71. The minimum absolute atomic E-state index is 0.0276. The maximum atomic E-state index is 12.7. The molecule has 30 heavy (non-hydrogen) atoms. The molecule has 0 saturated heterocycles. The molecule has 156 valence electrons. The molecule has 5 N–H and O–H groups in total. The zero-order valence-corrected chi connectivity index (χ0v) is 17.1. The van der Waals surface area contributed by atoms with Crippen molar-refractivity contribution < 1.29 is 17.6 Å². The molecule has 0 radical (unpaired) electrons. The second-order valence-electron chi connectivity index (χ2n) is 7.32. The second-order valence-corrected chi connectivity index (χ2v) is 8.89. The molecule has 2 aromatic carbocycles. The van der Waals surface area contributed by atoms with Gasteiger partial charge in [0.1, 0.15) is 0 Å². The number of nitrogens with zero attached hydrogens (tertiary/aromatic N) is 1. The summed E-state index contributed by atoms with van der Waals surface area (Å²) in [5.74, 6) is -0.215. The van der Waals surface area contributed by atoms with E-state index in [9.17, 15) is 13.2 Å². The lowest BCUT2D eigenvalue weighted by atomic mass is 10.1. The molecule has 8 nitrogen and oxygen atoms in total. The van der Waals surface area contributed by atoms with Crippen LogP contribution < -0.4 is 21.1 Å². The van der Waals surface area contributed by atoms with Crippen molar-refractivity contribution in [3.8, 4) is 0 Å². The van der Waals surface area contributed by atoms with Gasteiger partial charge in [-0.05, 0) is 55.8 Å². The van der Waals surface area contributed by atoms with Crippen LogP contribution in [0.3, 0.4) is 0 Å². The molecule has 1 amide bonds. The van der Waals surface area contributed by atoms with Gasteiger partial charge in [0.2, 0.25) is 10.0 Å². The molecule has 1 aromatic heterocycles. The Morgan fingerprint density at radius 2 is 1.93 bits per heavy atom. The molecule has 0 saturated carbocycles. The van der Waals surface area contributed by atoms with Crippen LogP contribution in [0.2, 0.25) is 0 Å². The van der Waals surface area contributed by atoms with E-state index in [1.807, 2.05) is 18.2 Å². The summed E-state index contributed by atoms with van der Waals surface area (Å²) in [5.41, 5.74) is 10.3. The van der Waals surface area contributed by atoms with Gasteiger partial charge in [0.05, 0.1) is 11.2 Å². The Labute approximate surface area is 174 Å². The summed E-state index contributed by atoms with van der Waals surface area (Å²) in [5, 5.41) is 7.82. The maximum absolute atomic E-state index is 12.7. The van der Waals surface area contributed by atoms with Gasteiger partial charge in [0, 0.05) is 40.8 Å². The molecular formula is C21H22N4O4S. The van der Waals surface area contributed by atoms with Gasteiger partial charge in [-0.25, -0.2) is 13.6 Å². The summed E-state index contributed by atoms with van der Waals surface area (Å²) in [6.07, 6.45) is 2.33. The molecule has 1 unspecified atom stereocenters. The van der Waals surface area contributed by atoms with Crippen molar-refractivity contribution in [2.24, 2.45) is 5.14 Å². The number of sulfonamides is 1. The summed E-state index contributed by atoms with van der Waals surface area (Å²) in [7, 11) is -3.79. The topological polar surface area (TPSA) is 132 Å². The van der Waals surface area contributed by atoms with Gasteiger partial charge in [-0.2, -0.15) is 0 Å². The number of amides is 1. The van der Waals surface area contributed by atoms with Crippen LogP contribution in [-0.4, -0.2) is 20.4 Å². The summed E-state index contributed by atoms with van der Waals surface area (Å²) < 4.78 is 28.2. The summed E-state index contributed by atoms with van der Waals surface area (Å²) in [6.45, 7) is 2.62. The number of primary sulfonamides is 1. The molecule has 9 heteroatoms. The van der Waals surface area contributed by atoms with E-state index in [1.165, 1.54) is 30.5 Å². The van der Waals surface area contributed by atoms with E-state index >= 15 is 0 Å². The number of hydrogen-bond acceptors (Lipinski definition) is 6. The summed E-state index contributed by atoms with van der Waals surface area (Å²) >= 11 is 0. The first kappa shape index (κ1) is 20.0. The van der Waals surface area contributed by atoms with Crippen LogP contribution in [0.5, 0.6) is 0 Å². The van der Waals surface area contributed by atoms with Gasteiger partial charge in [0.15, 0.2) is 5.76 Å². The van der Waals surface area contributed by atoms with Crippen molar-refractivity contribution >= 4 is 33.0 Å². The van der Waals surface area contributed by atoms with E-state index in [4.69, 9.17) is 15.3 Å². The Kier molecular flexibility index (Phi) is 5.00. The fraction of sp³-hybridized carbons (Fsp3) is 0.190. The molecule has 0 aliphatic carbocycles. The summed E-state index contributed by atoms with van der Waals surface area (Å²) in [4.78, 5) is 14.9. The number of nitrogens with one attached hydrogen (secondary N) is 1. The van der Waals surface area contributed by atoms with Crippen LogP contribution in [-0.2, 0) is 23.0 Å². The van der Waals surface area contributed by atoms with Crippen LogP contribution >= 0.6 is 0 Å². The molecule has 4 rings (SSSR count). The lowest BCUT2D eigenvalue weighted by Crippen LogP contribution is -2.29. The number of rotatable bonds is 5. The molecule has 1 aliphatic rings. The first-order valence-electron chi connectivity index (χ1n) is 9.38. The predicted molar refractivity (Wildman–Crippen MR) is 115 cm³/mol. The van der Waals surface area contributed by atoms with Crippen molar-refractivity contribution in [1.29, 1.82) is 0 Å². The van der Waals surface area contributed by atoms with E-state index in [1.54, 1.807) is 6.07 Å². The molecule has 3 aromatic rings. The van der Waals surface area contributed by atoms with Crippen LogP contribution in [0.4, 0.5) is 17.1 Å². The van der Waals surface area contributed by atoms with E-state index in [0.29, 0.717) is 12.2 Å². The third-order valence-corrected chi connectivity index (χ3v) is 6.19. The van der Waals surface area contributed by atoms with E-state index in [-0.39, 0.29) is 16.7 Å². The zero-order valence-electron chi connectivity index (χ0n) is 16.3. The van der Waals surface area contributed by atoms with Gasteiger partial charge in [0.25, 0.3) is 5.91 Å². The number of nitrogens with two attached hydrogens (primary N) is 2. The van der Waals surface area contributed by atoms with Crippen molar-refractivity contribution in [1.82, 2.24) is 0 Å². The largest absolute Gasteiger partial charge is 0.459 e. The Morgan fingerprint density at radius 1 is 1.20 bits per heavy atom. The third-order valence-electron chi connectivity index (χ3n) is 5.26. The zero-order chi connectivity index (χ0) is 21.5. The lowest BCUT2D eigenvalue weighted by Gasteiger charge is -2.24. The molecule has 0 spiro atoms. The quantitative estimate of drug-likeness (QED) is 0.538. The van der Waals surface area contributed by atoms with Gasteiger partial charge < -0.3 is 20.4 Å². The minimum atomic E-state index is -3.79. The number of benzene rings is 2. The first-order valence-corrected chi connectivity index (χ1v) is 10.9. The second kappa shape index (κ2) is 7.51. The highest BCUT2D eigenvalue weighted by Crippen LogP contribution is 2.37. The normalized spacial score (nSPS) is 15.8.